The summed E-state index contributed by atoms with van der Waals surface area (Å²) in [6, 6.07) is 11.1. The molecule has 0 aromatic heterocycles. The average Bonchev–Trinajstić information content (AvgIpc) is 2.64. The maximum Gasteiger partial charge on any atom is 0.377 e. The van der Waals surface area contributed by atoms with Crippen LogP contribution in [0.25, 0.3) is 0 Å². The molecule has 25 heavy (non-hydrogen) atoms. The molecule has 1 N–H and O–H groups in total. The first-order valence-electron chi connectivity index (χ1n) is 7.40. The molecule has 0 bridgehead atoms. The fraction of sp³-hybridized carbons (Fsp3) is 0.222. The molecular weight excluding hydrogens is 328 g/mol. The smallest absolute Gasteiger partial charge is 0.377 e. The first kappa shape index (κ1) is 18.1. The molecule has 0 atom stereocenters. The number of carbonyl (C=O) groups is 2. The quantitative estimate of drug-likeness (QED) is 0.423. The van der Waals surface area contributed by atoms with Crippen LogP contribution < -0.4 is 18.9 Å². The number of carbonyl (C=O) groups excluding carboxylic acids is 1. The van der Waals surface area contributed by atoms with E-state index in [0.29, 0.717) is 29.6 Å². The Morgan fingerprint density at radius 2 is 1.40 bits per heavy atom. The van der Waals surface area contributed by atoms with Gasteiger partial charge in [-0.1, -0.05) is 0 Å². The number of hydrogen-bond acceptors (Lipinski definition) is 6. The van der Waals surface area contributed by atoms with Gasteiger partial charge < -0.3 is 24.1 Å². The van der Waals surface area contributed by atoms with E-state index in [1.165, 1.54) is 24.3 Å². The molecule has 0 radical (unpaired) electrons. The largest absolute Gasteiger partial charge is 0.493 e. The van der Waals surface area contributed by atoms with Crippen LogP contribution in [0.4, 0.5) is 0 Å². The van der Waals surface area contributed by atoms with Crippen LogP contribution >= 0.6 is 0 Å². The van der Waals surface area contributed by atoms with Crippen molar-refractivity contribution in [1.82, 2.24) is 0 Å². The highest BCUT2D eigenvalue weighted by Crippen LogP contribution is 2.30. The van der Waals surface area contributed by atoms with Crippen LogP contribution in [0.3, 0.4) is 0 Å². The Morgan fingerprint density at radius 1 is 0.840 bits per heavy atom. The number of hydrogen-bond donors (Lipinski definition) is 1. The topological polar surface area (TPSA) is 91.3 Å². The minimum atomic E-state index is -1.49. The van der Waals surface area contributed by atoms with Gasteiger partial charge in [-0.15, -0.1) is 0 Å². The molecule has 0 unspecified atom stereocenters. The molecule has 0 saturated carbocycles. The summed E-state index contributed by atoms with van der Waals surface area (Å²) < 4.78 is 21.4. The normalized spacial score (nSPS) is 10.0. The van der Waals surface area contributed by atoms with E-state index in [9.17, 15) is 9.59 Å². The zero-order valence-corrected chi connectivity index (χ0v) is 13.9. The van der Waals surface area contributed by atoms with E-state index in [1.54, 1.807) is 32.4 Å². The van der Waals surface area contributed by atoms with Crippen LogP contribution in [0.15, 0.2) is 42.5 Å². The van der Waals surface area contributed by atoms with Crippen molar-refractivity contribution >= 4 is 11.8 Å². The molecule has 7 heteroatoms. The second-order valence-corrected chi connectivity index (χ2v) is 4.87. The molecule has 2 aromatic rings. The summed E-state index contributed by atoms with van der Waals surface area (Å²) in [6.07, 6.45) is 0. The van der Waals surface area contributed by atoms with E-state index in [1.807, 2.05) is 0 Å². The van der Waals surface area contributed by atoms with E-state index in [4.69, 9.17) is 24.1 Å². The third kappa shape index (κ3) is 4.87. The zero-order chi connectivity index (χ0) is 18.2. The van der Waals surface area contributed by atoms with Gasteiger partial charge in [0.1, 0.15) is 24.7 Å². The molecule has 0 aliphatic rings. The number of methoxy groups -OCH3 is 2. The lowest BCUT2D eigenvalue weighted by atomic mass is 10.1. The number of carboxylic acid groups (broad SMARTS) is 1. The summed E-state index contributed by atoms with van der Waals surface area (Å²) in [5, 5.41) is 8.64. The molecule has 132 valence electrons. The van der Waals surface area contributed by atoms with Crippen molar-refractivity contribution in [2.45, 2.75) is 0 Å². The van der Waals surface area contributed by atoms with Gasteiger partial charge in [0.05, 0.1) is 14.2 Å². The minimum Gasteiger partial charge on any atom is -0.493 e. The lowest BCUT2D eigenvalue weighted by Crippen LogP contribution is -2.12. The number of ether oxygens (including phenoxy) is 4. The molecule has 2 rings (SSSR count). The van der Waals surface area contributed by atoms with E-state index >= 15 is 0 Å². The fourth-order valence-corrected chi connectivity index (χ4v) is 2.05. The van der Waals surface area contributed by atoms with Gasteiger partial charge in [-0.25, -0.2) is 4.79 Å². The lowest BCUT2D eigenvalue weighted by molar-refractivity contribution is -0.131. The second-order valence-electron chi connectivity index (χ2n) is 4.87. The highest BCUT2D eigenvalue weighted by molar-refractivity contribution is 6.39. The van der Waals surface area contributed by atoms with E-state index in [0.717, 1.165) is 0 Å². The standard InChI is InChI=1S/C18H18O7/c1-22-15-8-7-14(11-16(15)23-2)25-10-9-24-13-5-3-12(4-6-13)17(19)18(20)21/h3-8,11H,9-10H2,1-2H3,(H,20,21). The van der Waals surface area contributed by atoms with Crippen LogP contribution in [-0.4, -0.2) is 44.3 Å². The molecule has 0 amide bonds. The number of rotatable bonds is 9. The third-order valence-corrected chi connectivity index (χ3v) is 3.29. The molecule has 0 spiro atoms. The Bertz CT molecular complexity index is 738. The Hall–Kier alpha value is -3.22. The second kappa shape index (κ2) is 8.58. The minimum absolute atomic E-state index is 0.0985. The fourth-order valence-electron chi connectivity index (χ4n) is 2.05. The van der Waals surface area contributed by atoms with Crippen LogP contribution in [0.2, 0.25) is 0 Å². The average molecular weight is 346 g/mol. The molecule has 7 nitrogen and oxygen atoms in total. The Kier molecular flexibility index (Phi) is 6.22. The van der Waals surface area contributed by atoms with Gasteiger partial charge in [0.15, 0.2) is 11.5 Å². The zero-order valence-electron chi connectivity index (χ0n) is 13.9. The Labute approximate surface area is 144 Å². The van der Waals surface area contributed by atoms with Crippen LogP contribution in [0.5, 0.6) is 23.0 Å². The molecule has 0 aliphatic heterocycles. The number of benzene rings is 2. The molecule has 0 saturated heterocycles. The highest BCUT2D eigenvalue weighted by atomic mass is 16.5. The van der Waals surface area contributed by atoms with E-state index < -0.39 is 11.8 Å². The monoisotopic (exact) mass is 346 g/mol. The van der Waals surface area contributed by atoms with Gasteiger partial charge in [-0.05, 0) is 36.4 Å². The van der Waals surface area contributed by atoms with E-state index in [-0.39, 0.29) is 12.2 Å². The van der Waals surface area contributed by atoms with Gasteiger partial charge in [-0.2, -0.15) is 0 Å². The van der Waals surface area contributed by atoms with Crippen LogP contribution in [0, 0.1) is 0 Å². The molecular formula is C18H18O7. The SMILES string of the molecule is COc1ccc(OCCOc2ccc(C(=O)C(=O)O)cc2)cc1OC. The molecule has 0 fully saturated rings. The van der Waals surface area contributed by atoms with Crippen LogP contribution in [-0.2, 0) is 4.79 Å². The van der Waals surface area contributed by atoms with Gasteiger partial charge >= 0.3 is 5.97 Å². The first-order valence-corrected chi connectivity index (χ1v) is 7.40. The summed E-state index contributed by atoms with van der Waals surface area (Å²) in [5.41, 5.74) is 0.0985. The molecule has 0 aliphatic carbocycles. The van der Waals surface area contributed by atoms with Crippen molar-refractivity contribution in [3.8, 4) is 23.0 Å². The lowest BCUT2D eigenvalue weighted by Gasteiger charge is -2.11. The number of ketones is 1. The Morgan fingerprint density at radius 3 is 1.96 bits per heavy atom. The number of aliphatic carboxylic acids is 1. The summed E-state index contributed by atoms with van der Waals surface area (Å²) in [6.45, 7) is 0.575. The number of Topliss-reactive ketones (excluding diaryl/α,β-unsaturated/α-hetero) is 1. The molecule has 0 heterocycles. The summed E-state index contributed by atoms with van der Waals surface area (Å²) >= 11 is 0. The summed E-state index contributed by atoms with van der Waals surface area (Å²) in [7, 11) is 3.10. The highest BCUT2D eigenvalue weighted by Gasteiger charge is 2.13. The first-order chi connectivity index (χ1) is 12.0. The van der Waals surface area contributed by atoms with Crippen molar-refractivity contribution < 1.29 is 33.6 Å². The Balaban J connectivity index is 1.83. The van der Waals surface area contributed by atoms with Crippen molar-refractivity contribution in [3.05, 3.63) is 48.0 Å². The van der Waals surface area contributed by atoms with Crippen molar-refractivity contribution in [1.29, 1.82) is 0 Å². The van der Waals surface area contributed by atoms with Crippen molar-refractivity contribution in [3.63, 3.8) is 0 Å². The number of carboxylic acids is 1. The predicted octanol–water partition coefficient (Wildman–Crippen LogP) is 2.43. The van der Waals surface area contributed by atoms with Gasteiger partial charge in [0.2, 0.25) is 0 Å². The summed E-state index contributed by atoms with van der Waals surface area (Å²) in [4.78, 5) is 21.9. The van der Waals surface area contributed by atoms with E-state index in [2.05, 4.69) is 0 Å². The summed E-state index contributed by atoms with van der Waals surface area (Å²) in [5.74, 6) is -0.136. The predicted molar refractivity (Wildman–Crippen MR) is 88.9 cm³/mol. The maximum absolute atomic E-state index is 11.3. The van der Waals surface area contributed by atoms with Gasteiger partial charge in [0.25, 0.3) is 5.78 Å². The molecule has 2 aromatic carbocycles. The third-order valence-electron chi connectivity index (χ3n) is 3.29. The maximum atomic E-state index is 11.3. The van der Waals surface area contributed by atoms with Gasteiger partial charge in [-0.3, -0.25) is 4.79 Å². The van der Waals surface area contributed by atoms with Crippen molar-refractivity contribution in [2.24, 2.45) is 0 Å². The van der Waals surface area contributed by atoms with Crippen LogP contribution in [0.1, 0.15) is 10.4 Å². The van der Waals surface area contributed by atoms with Crippen molar-refractivity contribution in [2.75, 3.05) is 27.4 Å². The van der Waals surface area contributed by atoms with Gasteiger partial charge in [0, 0.05) is 11.6 Å².